The Bertz CT molecular complexity index is 443. The Kier molecular flexibility index (Phi) is 4.37. The van der Waals surface area contributed by atoms with Gasteiger partial charge in [-0.15, -0.1) is 0 Å². The molecule has 1 aromatic rings. The summed E-state index contributed by atoms with van der Waals surface area (Å²) in [5.41, 5.74) is -0.720. The number of hydrogen-bond donors (Lipinski definition) is 1. The van der Waals surface area contributed by atoms with Gasteiger partial charge in [0, 0.05) is 24.7 Å². The lowest BCUT2D eigenvalue weighted by molar-refractivity contribution is -0.385. The fraction of sp³-hybridized carbons (Fsp3) is 0.500. The second-order valence-corrected chi connectivity index (χ2v) is 5.01. The average Bonchev–Trinajstić information content (AvgIpc) is 2.13. The van der Waals surface area contributed by atoms with Crippen LogP contribution >= 0.6 is 0 Å². The second kappa shape index (κ2) is 5.41. The van der Waals surface area contributed by atoms with Crippen LogP contribution in [0.3, 0.4) is 0 Å². The summed E-state index contributed by atoms with van der Waals surface area (Å²) in [7, 11) is 1.71. The maximum absolute atomic E-state index is 13.1. The van der Waals surface area contributed by atoms with Crippen molar-refractivity contribution in [1.82, 2.24) is 4.90 Å². The fourth-order valence-corrected chi connectivity index (χ4v) is 1.87. The van der Waals surface area contributed by atoms with Crippen molar-refractivity contribution in [3.05, 3.63) is 39.7 Å². The number of hydrogen-bond acceptors (Lipinski definition) is 4. The summed E-state index contributed by atoms with van der Waals surface area (Å²) in [6, 6.07) is 3.37. The maximum Gasteiger partial charge on any atom is 0.274 e. The molecule has 0 aliphatic carbocycles. The Morgan fingerprint density at radius 1 is 1.50 bits per heavy atom. The zero-order chi connectivity index (χ0) is 13.9. The van der Waals surface area contributed by atoms with Crippen LogP contribution in [0.5, 0.6) is 0 Å². The summed E-state index contributed by atoms with van der Waals surface area (Å²) < 4.78 is 13.1. The van der Waals surface area contributed by atoms with Gasteiger partial charge in [0.1, 0.15) is 5.82 Å². The molecule has 5 nitrogen and oxygen atoms in total. The fourth-order valence-electron chi connectivity index (χ4n) is 1.87. The monoisotopic (exact) mass is 256 g/mol. The van der Waals surface area contributed by atoms with E-state index in [1.165, 1.54) is 0 Å². The van der Waals surface area contributed by atoms with Crippen molar-refractivity contribution < 1.29 is 14.4 Å². The molecule has 1 aromatic carbocycles. The summed E-state index contributed by atoms with van der Waals surface area (Å²) >= 11 is 0. The quantitative estimate of drug-likeness (QED) is 0.645. The lowest BCUT2D eigenvalue weighted by Gasteiger charge is -2.25. The van der Waals surface area contributed by atoms with Gasteiger partial charge in [-0.25, -0.2) is 4.39 Å². The highest BCUT2D eigenvalue weighted by Gasteiger charge is 2.19. The van der Waals surface area contributed by atoms with E-state index in [0.717, 1.165) is 18.2 Å². The third kappa shape index (κ3) is 4.38. The molecular weight excluding hydrogens is 239 g/mol. The molecule has 0 aliphatic heterocycles. The van der Waals surface area contributed by atoms with E-state index in [9.17, 15) is 19.6 Å². The van der Waals surface area contributed by atoms with Gasteiger partial charge in [0.15, 0.2) is 0 Å². The van der Waals surface area contributed by atoms with E-state index in [0.29, 0.717) is 12.1 Å². The number of halogens is 1. The number of nitro groups is 1. The van der Waals surface area contributed by atoms with Crippen molar-refractivity contribution in [2.75, 3.05) is 13.6 Å². The molecule has 18 heavy (non-hydrogen) atoms. The molecule has 0 atom stereocenters. The maximum atomic E-state index is 13.1. The van der Waals surface area contributed by atoms with Crippen molar-refractivity contribution in [3.63, 3.8) is 0 Å². The van der Waals surface area contributed by atoms with Crippen LogP contribution in [0.4, 0.5) is 10.1 Å². The molecule has 0 fully saturated rings. The summed E-state index contributed by atoms with van der Waals surface area (Å²) in [5.74, 6) is -0.507. The lowest BCUT2D eigenvalue weighted by atomic mass is 10.1. The van der Waals surface area contributed by atoms with E-state index in [1.807, 2.05) is 0 Å². The Morgan fingerprint density at radius 3 is 2.61 bits per heavy atom. The van der Waals surface area contributed by atoms with Crippen molar-refractivity contribution in [2.45, 2.75) is 26.0 Å². The van der Waals surface area contributed by atoms with Crippen LogP contribution in [0, 0.1) is 15.9 Å². The van der Waals surface area contributed by atoms with Crippen LogP contribution in [-0.4, -0.2) is 34.1 Å². The van der Waals surface area contributed by atoms with Gasteiger partial charge in [-0.05, 0) is 33.0 Å². The topological polar surface area (TPSA) is 66.6 Å². The minimum Gasteiger partial charge on any atom is -0.389 e. The lowest BCUT2D eigenvalue weighted by Crippen LogP contribution is -2.35. The van der Waals surface area contributed by atoms with Crippen LogP contribution in [0.15, 0.2) is 18.2 Å². The van der Waals surface area contributed by atoms with Gasteiger partial charge in [-0.1, -0.05) is 0 Å². The van der Waals surface area contributed by atoms with E-state index >= 15 is 0 Å². The molecule has 0 bridgehead atoms. The third-order valence-corrected chi connectivity index (χ3v) is 2.34. The zero-order valence-corrected chi connectivity index (χ0v) is 10.7. The highest BCUT2D eigenvalue weighted by atomic mass is 19.1. The van der Waals surface area contributed by atoms with Crippen LogP contribution in [0.25, 0.3) is 0 Å². The first-order valence-electron chi connectivity index (χ1n) is 5.53. The summed E-state index contributed by atoms with van der Waals surface area (Å²) in [5, 5.41) is 20.5. The van der Waals surface area contributed by atoms with Gasteiger partial charge < -0.3 is 5.11 Å². The van der Waals surface area contributed by atoms with Gasteiger partial charge in [-0.3, -0.25) is 15.0 Å². The van der Waals surface area contributed by atoms with E-state index in [4.69, 9.17) is 0 Å². The molecule has 0 aliphatic rings. The summed E-state index contributed by atoms with van der Waals surface area (Å²) in [4.78, 5) is 12.0. The number of nitro benzene ring substituents is 1. The molecule has 100 valence electrons. The summed E-state index contributed by atoms with van der Waals surface area (Å²) in [6.45, 7) is 3.83. The Hall–Kier alpha value is -1.53. The molecule has 6 heteroatoms. The first-order valence-corrected chi connectivity index (χ1v) is 5.53. The van der Waals surface area contributed by atoms with Gasteiger partial charge in [0.25, 0.3) is 5.69 Å². The number of rotatable bonds is 5. The Labute approximate surface area is 105 Å². The smallest absolute Gasteiger partial charge is 0.274 e. The average molecular weight is 256 g/mol. The van der Waals surface area contributed by atoms with Gasteiger partial charge in [0.05, 0.1) is 10.5 Å². The van der Waals surface area contributed by atoms with E-state index in [-0.39, 0.29) is 12.2 Å². The number of benzene rings is 1. The standard InChI is InChI=1S/C12H17FN2O3/c1-12(2,16)8-14(3)7-9-6-10(13)4-5-11(9)15(17)18/h4-6,16H,7-8H2,1-3H3. The molecule has 0 unspecified atom stereocenters. The molecule has 0 aromatic heterocycles. The van der Waals surface area contributed by atoms with Crippen LogP contribution in [0.2, 0.25) is 0 Å². The molecule has 1 N–H and O–H groups in total. The van der Waals surface area contributed by atoms with Gasteiger partial charge in [0.2, 0.25) is 0 Å². The number of likely N-dealkylation sites (N-methyl/N-ethyl adjacent to an activating group) is 1. The van der Waals surface area contributed by atoms with Crippen molar-refractivity contribution in [3.8, 4) is 0 Å². The van der Waals surface area contributed by atoms with Crippen LogP contribution in [-0.2, 0) is 6.54 Å². The molecule has 0 radical (unpaired) electrons. The van der Waals surface area contributed by atoms with E-state index in [2.05, 4.69) is 0 Å². The minimum absolute atomic E-state index is 0.112. The Balaban J connectivity index is 2.89. The zero-order valence-electron chi connectivity index (χ0n) is 10.7. The van der Waals surface area contributed by atoms with Crippen LogP contribution < -0.4 is 0 Å². The van der Waals surface area contributed by atoms with Crippen LogP contribution in [0.1, 0.15) is 19.4 Å². The van der Waals surface area contributed by atoms with Gasteiger partial charge in [-0.2, -0.15) is 0 Å². The second-order valence-electron chi connectivity index (χ2n) is 5.01. The van der Waals surface area contributed by atoms with E-state index < -0.39 is 16.3 Å². The molecule has 0 saturated carbocycles. The minimum atomic E-state index is -0.906. The van der Waals surface area contributed by atoms with Crippen molar-refractivity contribution in [1.29, 1.82) is 0 Å². The SMILES string of the molecule is CN(Cc1cc(F)ccc1[N+](=O)[O-])CC(C)(C)O. The molecule has 0 amide bonds. The Morgan fingerprint density at radius 2 is 2.11 bits per heavy atom. The van der Waals surface area contributed by atoms with Crippen molar-refractivity contribution >= 4 is 5.69 Å². The van der Waals surface area contributed by atoms with Crippen molar-refractivity contribution in [2.24, 2.45) is 0 Å². The largest absolute Gasteiger partial charge is 0.389 e. The van der Waals surface area contributed by atoms with E-state index in [1.54, 1.807) is 25.8 Å². The molecule has 1 rings (SSSR count). The first-order chi connectivity index (χ1) is 8.19. The van der Waals surface area contributed by atoms with Gasteiger partial charge >= 0.3 is 0 Å². The predicted molar refractivity (Wildman–Crippen MR) is 65.7 cm³/mol. The molecule has 0 saturated heterocycles. The molecular formula is C12H17FN2O3. The number of aliphatic hydroxyl groups is 1. The first kappa shape index (κ1) is 14.5. The third-order valence-electron chi connectivity index (χ3n) is 2.34. The molecule has 0 heterocycles. The molecule has 0 spiro atoms. The number of nitrogens with zero attached hydrogens (tertiary/aromatic N) is 2. The highest BCUT2D eigenvalue weighted by Crippen LogP contribution is 2.21. The summed E-state index contributed by atoms with van der Waals surface area (Å²) in [6.07, 6.45) is 0. The highest BCUT2D eigenvalue weighted by molar-refractivity contribution is 5.40. The normalized spacial score (nSPS) is 11.9. The predicted octanol–water partition coefficient (Wildman–Crippen LogP) is 1.94.